The summed E-state index contributed by atoms with van der Waals surface area (Å²) >= 11 is 0. The highest BCUT2D eigenvalue weighted by Crippen LogP contribution is 2.74. The van der Waals surface area contributed by atoms with Gasteiger partial charge in [-0.3, -0.25) is 0 Å². The predicted octanol–water partition coefficient (Wildman–Crippen LogP) is 1.68. The minimum Gasteiger partial charge on any atom is -0.396 e. The second-order valence-electron chi connectivity index (χ2n) is 20.3. The van der Waals surface area contributed by atoms with Crippen LogP contribution in [0.3, 0.4) is 0 Å². The molecule has 55 heavy (non-hydrogen) atoms. The summed E-state index contributed by atoms with van der Waals surface area (Å²) in [4.78, 5) is 0. The summed E-state index contributed by atoms with van der Waals surface area (Å²) in [5, 5.41) is 97.6. The maximum Gasteiger partial charge on any atom is 0.187 e. The number of hydrogen-bond donors (Lipinski definition) is 9. The fourth-order valence-electron chi connectivity index (χ4n) is 13.0. The van der Waals surface area contributed by atoms with Crippen molar-refractivity contribution in [2.24, 2.45) is 44.3 Å². The zero-order chi connectivity index (χ0) is 40.3. The number of aliphatic hydroxyl groups excluding tert-OH is 9. The average molecular weight is 781 g/mol. The van der Waals surface area contributed by atoms with Gasteiger partial charge in [0.05, 0.1) is 38.1 Å². The van der Waals surface area contributed by atoms with Gasteiger partial charge in [0.15, 0.2) is 12.6 Å². The lowest BCUT2D eigenvalue weighted by molar-refractivity contribution is -0.367. The van der Waals surface area contributed by atoms with Crippen molar-refractivity contribution in [3.63, 3.8) is 0 Å². The number of hydrogen-bond acceptors (Lipinski definition) is 13. The van der Waals surface area contributed by atoms with Gasteiger partial charge in [-0.15, -0.1) is 0 Å². The van der Waals surface area contributed by atoms with Gasteiger partial charge in [0.2, 0.25) is 0 Å². The molecule has 0 aromatic rings. The van der Waals surface area contributed by atoms with Gasteiger partial charge in [0, 0.05) is 16.2 Å². The van der Waals surface area contributed by atoms with E-state index in [0.29, 0.717) is 12.8 Å². The van der Waals surface area contributed by atoms with Crippen LogP contribution in [0.25, 0.3) is 0 Å². The van der Waals surface area contributed by atoms with Crippen LogP contribution < -0.4 is 0 Å². The van der Waals surface area contributed by atoms with Crippen LogP contribution in [0.4, 0.5) is 0 Å². The molecule has 0 bridgehead atoms. The highest BCUT2D eigenvalue weighted by Gasteiger charge is 2.69. The molecule has 2 aliphatic heterocycles. The van der Waals surface area contributed by atoms with Crippen molar-refractivity contribution in [1.29, 1.82) is 0 Å². The van der Waals surface area contributed by atoms with Crippen molar-refractivity contribution in [2.75, 3.05) is 19.8 Å². The Kier molecular flexibility index (Phi) is 11.0. The van der Waals surface area contributed by atoms with E-state index in [4.69, 9.17) is 18.9 Å². The smallest absolute Gasteiger partial charge is 0.187 e. The van der Waals surface area contributed by atoms with Crippen LogP contribution in [-0.2, 0) is 18.9 Å². The lowest BCUT2D eigenvalue weighted by Crippen LogP contribution is -2.67. The Bertz CT molecular complexity index is 1500. The molecule has 19 atom stereocenters. The lowest BCUT2D eigenvalue weighted by atomic mass is 9.35. The summed E-state index contributed by atoms with van der Waals surface area (Å²) in [7, 11) is 0. The highest BCUT2D eigenvalue weighted by atomic mass is 16.7. The monoisotopic (exact) mass is 780 g/mol. The first-order chi connectivity index (χ1) is 25.7. The van der Waals surface area contributed by atoms with Gasteiger partial charge in [0.1, 0.15) is 42.7 Å². The average Bonchev–Trinajstić information content (AvgIpc) is 3.13. The first-order valence-electron chi connectivity index (χ1n) is 20.6. The second kappa shape index (κ2) is 14.3. The number of fused-ring (bicyclic) bond motifs is 6. The zero-order valence-electron chi connectivity index (χ0n) is 33.7. The molecule has 2 saturated heterocycles. The van der Waals surface area contributed by atoms with E-state index < -0.39 is 91.1 Å². The van der Waals surface area contributed by atoms with Gasteiger partial charge in [-0.25, -0.2) is 0 Å². The van der Waals surface area contributed by atoms with Gasteiger partial charge in [0.25, 0.3) is 0 Å². The maximum absolute atomic E-state index is 12.0. The van der Waals surface area contributed by atoms with E-state index in [2.05, 4.69) is 46.8 Å². The summed E-state index contributed by atoms with van der Waals surface area (Å²) in [6.07, 6.45) is -4.63. The van der Waals surface area contributed by atoms with E-state index in [0.717, 1.165) is 38.5 Å². The topological polar surface area (TPSA) is 219 Å². The minimum absolute atomic E-state index is 0.0212. The van der Waals surface area contributed by atoms with Crippen LogP contribution >= 0.6 is 0 Å². The van der Waals surface area contributed by atoms with Crippen LogP contribution in [0.15, 0.2) is 23.3 Å². The molecule has 1 unspecified atom stereocenters. The third-order valence-electron chi connectivity index (χ3n) is 16.8. The van der Waals surface area contributed by atoms with E-state index in [-0.39, 0.29) is 46.7 Å². The maximum atomic E-state index is 12.0. The van der Waals surface area contributed by atoms with Gasteiger partial charge in [-0.05, 0) is 91.9 Å². The van der Waals surface area contributed by atoms with E-state index in [1.165, 1.54) is 11.1 Å². The fraction of sp³-hybridized carbons (Fsp3) is 0.905. The Hall–Kier alpha value is -1.04. The summed E-state index contributed by atoms with van der Waals surface area (Å²) in [5.41, 5.74) is 0.476. The molecule has 3 saturated carbocycles. The van der Waals surface area contributed by atoms with Gasteiger partial charge >= 0.3 is 0 Å². The minimum atomic E-state index is -1.73. The first-order valence-corrected chi connectivity index (χ1v) is 20.6. The summed E-state index contributed by atoms with van der Waals surface area (Å²) in [6.45, 7) is 14.4. The Labute approximate surface area is 325 Å². The van der Waals surface area contributed by atoms with Crippen molar-refractivity contribution in [1.82, 2.24) is 0 Å². The molecule has 2 heterocycles. The molecule has 5 fully saturated rings. The Morgan fingerprint density at radius 1 is 0.745 bits per heavy atom. The van der Waals surface area contributed by atoms with Crippen LogP contribution in [0.5, 0.6) is 0 Å². The van der Waals surface area contributed by atoms with Crippen molar-refractivity contribution in [2.45, 2.75) is 173 Å². The normalized spacial score (nSPS) is 54.9. The number of ether oxygens (including phenoxy) is 4. The molecular weight excluding hydrogens is 712 g/mol. The molecule has 7 rings (SSSR count). The van der Waals surface area contributed by atoms with Gasteiger partial charge in [-0.1, -0.05) is 59.3 Å². The molecule has 314 valence electrons. The third-order valence-corrected chi connectivity index (χ3v) is 16.8. The molecule has 13 nitrogen and oxygen atoms in total. The SMILES string of the molecule is C[C@H]1O[C@@H](O[C@H]2CC[C@@]3(C)[C@@H](CCC4(C)[C@@H]3C=CC3=C5CC(C)(C)CC[C@]5(CO)[C@@H](O)C[C@@]34C)[C@]2(C)CO)[C@@H](O)[C@@H](O[C@@H]2O[C@H](CO)[C@@H](O)[C@H](O)[C@@H]2O)[C@H]1O. The molecule has 5 aliphatic carbocycles. The second-order valence-corrected chi connectivity index (χ2v) is 20.3. The number of allylic oxidation sites excluding steroid dienone is 3. The Morgan fingerprint density at radius 3 is 2.09 bits per heavy atom. The molecular formula is C42H68O13. The quantitative estimate of drug-likeness (QED) is 0.168. The molecule has 0 spiro atoms. The third kappa shape index (κ3) is 6.12. The molecule has 0 aromatic carbocycles. The van der Waals surface area contributed by atoms with E-state index in [1.807, 2.05) is 6.92 Å². The summed E-state index contributed by atoms with van der Waals surface area (Å²) in [6, 6.07) is 0. The molecule has 0 amide bonds. The number of aliphatic hydroxyl groups is 9. The van der Waals surface area contributed by atoms with E-state index in [9.17, 15) is 46.0 Å². The first kappa shape index (κ1) is 42.1. The van der Waals surface area contributed by atoms with E-state index >= 15 is 0 Å². The largest absolute Gasteiger partial charge is 0.396 e. The van der Waals surface area contributed by atoms with Crippen molar-refractivity contribution in [3.05, 3.63) is 23.3 Å². The summed E-state index contributed by atoms with van der Waals surface area (Å²) in [5.74, 6) is 0.154. The standard InChI is InChI=1S/C42H68O13/c1-21-29(47)34(55-35-32(50)31(49)30(48)24(18-43)53-35)33(51)36(52-21)54-28-11-12-38(4)25(39(28,5)19-44)10-13-40(6)26(38)9-8-22-23-16-37(2,3)14-15-42(23,20-45)27(46)17-41(22,40)7/h8-9,21,24-36,43-51H,10-20H2,1-7H3/t21-,24-,25-,26-,27+,28+,29+,30-,31+,32+,33+,34+,35+,36+,38+,39+,40?,41+,42-/m1/s1. The van der Waals surface area contributed by atoms with E-state index in [1.54, 1.807) is 6.92 Å². The van der Waals surface area contributed by atoms with Crippen LogP contribution in [0, 0.1) is 44.3 Å². The highest BCUT2D eigenvalue weighted by molar-refractivity contribution is 5.47. The lowest BCUT2D eigenvalue weighted by Gasteiger charge is -2.70. The van der Waals surface area contributed by atoms with Crippen molar-refractivity contribution >= 4 is 0 Å². The Balaban J connectivity index is 1.15. The molecule has 9 N–H and O–H groups in total. The van der Waals surface area contributed by atoms with Gasteiger partial charge < -0.3 is 64.9 Å². The zero-order valence-corrected chi connectivity index (χ0v) is 33.7. The predicted molar refractivity (Wildman–Crippen MR) is 199 cm³/mol. The molecule has 0 aromatic heterocycles. The van der Waals surface area contributed by atoms with Crippen LogP contribution in [0.1, 0.15) is 99.8 Å². The van der Waals surface area contributed by atoms with Crippen LogP contribution in [0.2, 0.25) is 0 Å². The molecule has 13 heteroatoms. The summed E-state index contributed by atoms with van der Waals surface area (Å²) < 4.78 is 24.0. The number of rotatable bonds is 7. The van der Waals surface area contributed by atoms with Gasteiger partial charge in [-0.2, -0.15) is 0 Å². The fourth-order valence-corrected chi connectivity index (χ4v) is 13.0. The van der Waals surface area contributed by atoms with Crippen molar-refractivity contribution < 1.29 is 64.9 Å². The van der Waals surface area contributed by atoms with Crippen LogP contribution in [-0.4, -0.2) is 139 Å². The van der Waals surface area contributed by atoms with Crippen molar-refractivity contribution in [3.8, 4) is 0 Å². The molecule has 0 radical (unpaired) electrons. The molecule has 7 aliphatic rings. The Morgan fingerprint density at radius 2 is 1.44 bits per heavy atom.